The average Bonchev–Trinajstić information content (AvgIpc) is 2.96. The van der Waals surface area contributed by atoms with Crippen molar-refractivity contribution in [2.75, 3.05) is 5.32 Å². The van der Waals surface area contributed by atoms with E-state index < -0.39 is 0 Å². The third kappa shape index (κ3) is 2.65. The fourth-order valence-electron chi connectivity index (χ4n) is 1.78. The number of nitrogens with zero attached hydrogens (tertiary/aromatic N) is 4. The minimum atomic E-state index is -0.181. The Balaban J connectivity index is 2.19. The molecule has 0 saturated heterocycles. The molecule has 0 fully saturated rings. The lowest BCUT2D eigenvalue weighted by Crippen LogP contribution is -2.13. The zero-order valence-corrected chi connectivity index (χ0v) is 12.3. The fourth-order valence-corrected chi connectivity index (χ4v) is 2.33. The van der Waals surface area contributed by atoms with Crippen LogP contribution in [0.5, 0.6) is 0 Å². The molecule has 0 aliphatic rings. The van der Waals surface area contributed by atoms with Gasteiger partial charge in [0.05, 0.1) is 23.3 Å². The van der Waals surface area contributed by atoms with Crippen molar-refractivity contribution in [1.29, 1.82) is 0 Å². The van der Waals surface area contributed by atoms with Crippen molar-refractivity contribution in [2.45, 2.75) is 40.2 Å². The van der Waals surface area contributed by atoms with Gasteiger partial charge in [0, 0.05) is 6.04 Å². The second-order valence-electron chi connectivity index (χ2n) is 4.49. The molecule has 0 aliphatic heterocycles. The van der Waals surface area contributed by atoms with E-state index in [1.54, 1.807) is 13.1 Å². The van der Waals surface area contributed by atoms with Crippen molar-refractivity contribution in [1.82, 2.24) is 19.4 Å². The van der Waals surface area contributed by atoms with Gasteiger partial charge in [-0.3, -0.25) is 9.48 Å². The summed E-state index contributed by atoms with van der Waals surface area (Å²) in [7, 11) is 0. The van der Waals surface area contributed by atoms with Crippen molar-refractivity contribution < 1.29 is 4.79 Å². The molecule has 2 aromatic heterocycles. The highest BCUT2D eigenvalue weighted by atomic mass is 32.1. The van der Waals surface area contributed by atoms with Crippen LogP contribution in [0, 0.1) is 13.8 Å². The van der Waals surface area contributed by atoms with Crippen molar-refractivity contribution in [3.05, 3.63) is 22.5 Å². The van der Waals surface area contributed by atoms with Crippen LogP contribution in [0.15, 0.2) is 6.20 Å². The number of carbonyl (C=O) groups is 1. The predicted octanol–water partition coefficient (Wildman–Crippen LogP) is 2.57. The summed E-state index contributed by atoms with van der Waals surface area (Å²) in [6, 6.07) is 0.317. The molecule has 1 atom stereocenters. The molecule has 1 N–H and O–H groups in total. The van der Waals surface area contributed by atoms with Crippen LogP contribution in [-0.4, -0.2) is 25.3 Å². The summed E-state index contributed by atoms with van der Waals surface area (Å²) in [4.78, 5) is 12.6. The fraction of sp³-hybridized carbons (Fsp3) is 0.500. The maximum absolute atomic E-state index is 12.1. The van der Waals surface area contributed by atoms with Gasteiger partial charge in [-0.1, -0.05) is 11.4 Å². The lowest BCUT2D eigenvalue weighted by Gasteiger charge is -2.12. The molecule has 2 rings (SSSR count). The second-order valence-corrected chi connectivity index (χ2v) is 5.24. The summed E-state index contributed by atoms with van der Waals surface area (Å²) in [5.41, 5.74) is 2.34. The van der Waals surface area contributed by atoms with Gasteiger partial charge in [-0.2, -0.15) is 5.10 Å². The number of nitrogens with one attached hydrogen (secondary N) is 1. The SMILES string of the molecule is CCC(C)n1ncc(NC(=O)c2snnc2C)c1C. The van der Waals surface area contributed by atoms with Gasteiger partial charge in [0.25, 0.3) is 5.91 Å². The molecule has 102 valence electrons. The predicted molar refractivity (Wildman–Crippen MR) is 74.6 cm³/mol. The first-order valence-electron chi connectivity index (χ1n) is 6.19. The standard InChI is InChI=1S/C12H17N5OS/c1-5-7(2)17-9(4)10(6-13-17)14-12(18)11-8(3)15-16-19-11/h6-7H,5H2,1-4H3,(H,14,18). The van der Waals surface area contributed by atoms with Gasteiger partial charge in [-0.25, -0.2) is 0 Å². The zero-order chi connectivity index (χ0) is 14.0. The Labute approximate surface area is 116 Å². The molecule has 6 nitrogen and oxygen atoms in total. The molecule has 0 saturated carbocycles. The largest absolute Gasteiger partial charge is 0.318 e. The first-order chi connectivity index (χ1) is 9.04. The van der Waals surface area contributed by atoms with Gasteiger partial charge in [0.1, 0.15) is 4.88 Å². The maximum Gasteiger partial charge on any atom is 0.269 e. The minimum Gasteiger partial charge on any atom is -0.318 e. The Hall–Kier alpha value is -1.76. The van der Waals surface area contributed by atoms with Gasteiger partial charge >= 0.3 is 0 Å². The molecular weight excluding hydrogens is 262 g/mol. The van der Waals surface area contributed by atoms with Crippen LogP contribution in [0.3, 0.4) is 0 Å². The van der Waals surface area contributed by atoms with Crippen LogP contribution >= 0.6 is 11.5 Å². The molecular formula is C12H17N5OS. The molecule has 2 heterocycles. The molecule has 0 spiro atoms. The molecule has 1 unspecified atom stereocenters. The Bertz CT molecular complexity index is 589. The summed E-state index contributed by atoms with van der Waals surface area (Å²) < 4.78 is 5.69. The molecule has 19 heavy (non-hydrogen) atoms. The Morgan fingerprint density at radius 3 is 2.84 bits per heavy atom. The smallest absolute Gasteiger partial charge is 0.269 e. The molecule has 0 radical (unpaired) electrons. The second kappa shape index (κ2) is 5.48. The highest BCUT2D eigenvalue weighted by Crippen LogP contribution is 2.21. The van der Waals surface area contributed by atoms with E-state index in [-0.39, 0.29) is 5.91 Å². The third-order valence-corrected chi connectivity index (χ3v) is 3.99. The van der Waals surface area contributed by atoms with E-state index in [0.29, 0.717) is 16.6 Å². The van der Waals surface area contributed by atoms with Crippen molar-refractivity contribution in [2.24, 2.45) is 0 Å². The van der Waals surface area contributed by atoms with Crippen LogP contribution < -0.4 is 5.32 Å². The van der Waals surface area contributed by atoms with Gasteiger partial charge in [0.15, 0.2) is 0 Å². The number of aryl methyl sites for hydroxylation is 1. The summed E-state index contributed by atoms with van der Waals surface area (Å²) in [6.07, 6.45) is 2.68. The molecule has 0 bridgehead atoms. The molecule has 0 aromatic carbocycles. The number of hydrogen-bond acceptors (Lipinski definition) is 5. The summed E-state index contributed by atoms with van der Waals surface area (Å²) >= 11 is 1.10. The Morgan fingerprint density at radius 2 is 2.26 bits per heavy atom. The van der Waals surface area contributed by atoms with E-state index >= 15 is 0 Å². The Morgan fingerprint density at radius 1 is 1.53 bits per heavy atom. The number of anilines is 1. The summed E-state index contributed by atoms with van der Waals surface area (Å²) in [6.45, 7) is 7.93. The molecule has 0 aliphatic carbocycles. The van der Waals surface area contributed by atoms with E-state index in [2.05, 4.69) is 33.8 Å². The van der Waals surface area contributed by atoms with Crippen molar-refractivity contribution in [3.8, 4) is 0 Å². The van der Waals surface area contributed by atoms with Crippen LogP contribution in [0.1, 0.15) is 47.4 Å². The quantitative estimate of drug-likeness (QED) is 0.933. The van der Waals surface area contributed by atoms with Crippen LogP contribution in [0.25, 0.3) is 0 Å². The minimum absolute atomic E-state index is 0.181. The van der Waals surface area contributed by atoms with Crippen molar-refractivity contribution >= 4 is 23.1 Å². The van der Waals surface area contributed by atoms with Gasteiger partial charge in [-0.15, -0.1) is 5.10 Å². The summed E-state index contributed by atoms with van der Waals surface area (Å²) in [5, 5.41) is 11.0. The lowest BCUT2D eigenvalue weighted by atomic mass is 10.2. The van der Waals surface area contributed by atoms with Crippen LogP contribution in [-0.2, 0) is 0 Å². The third-order valence-electron chi connectivity index (χ3n) is 3.16. The van der Waals surface area contributed by atoms with Crippen LogP contribution in [0.2, 0.25) is 0 Å². The van der Waals surface area contributed by atoms with Gasteiger partial charge in [-0.05, 0) is 38.7 Å². The highest BCUT2D eigenvalue weighted by Gasteiger charge is 2.17. The maximum atomic E-state index is 12.1. The molecule has 2 aromatic rings. The monoisotopic (exact) mass is 279 g/mol. The van der Waals surface area contributed by atoms with Crippen LogP contribution in [0.4, 0.5) is 5.69 Å². The van der Waals surface area contributed by atoms with E-state index in [4.69, 9.17) is 0 Å². The number of aromatic nitrogens is 4. The summed E-state index contributed by atoms with van der Waals surface area (Å²) in [5.74, 6) is -0.181. The highest BCUT2D eigenvalue weighted by molar-refractivity contribution is 7.08. The number of amides is 1. The van der Waals surface area contributed by atoms with E-state index in [9.17, 15) is 4.79 Å². The Kier molecular flexibility index (Phi) is 3.94. The molecule has 1 amide bonds. The zero-order valence-electron chi connectivity index (χ0n) is 11.5. The van der Waals surface area contributed by atoms with E-state index in [1.165, 1.54) is 0 Å². The number of hydrogen-bond donors (Lipinski definition) is 1. The first kappa shape index (κ1) is 13.7. The lowest BCUT2D eigenvalue weighted by molar-refractivity contribution is 0.102. The number of rotatable bonds is 4. The van der Waals surface area contributed by atoms with Gasteiger partial charge in [0.2, 0.25) is 0 Å². The van der Waals surface area contributed by atoms with E-state index in [0.717, 1.165) is 29.3 Å². The topological polar surface area (TPSA) is 72.7 Å². The van der Waals surface area contributed by atoms with E-state index in [1.807, 2.05) is 11.6 Å². The average molecular weight is 279 g/mol. The number of carbonyl (C=O) groups excluding carboxylic acids is 1. The van der Waals surface area contributed by atoms with Crippen molar-refractivity contribution in [3.63, 3.8) is 0 Å². The first-order valence-corrected chi connectivity index (χ1v) is 6.96. The normalized spacial score (nSPS) is 12.4. The molecule has 7 heteroatoms. The van der Waals surface area contributed by atoms with Gasteiger partial charge < -0.3 is 5.32 Å².